The lowest BCUT2D eigenvalue weighted by atomic mass is 9.87. The van der Waals surface area contributed by atoms with Crippen molar-refractivity contribution < 1.29 is 28.7 Å². The maximum Gasteiger partial charge on any atom is 0.357 e. The third kappa shape index (κ3) is 5.44. The Hall–Kier alpha value is -0.430. The number of piperidine rings is 1. The zero-order valence-corrected chi connectivity index (χ0v) is 18.8. The molecule has 2 aliphatic rings. The Morgan fingerprint density at radius 2 is 1.72 bits per heavy atom. The number of hydrogen-bond acceptors (Lipinski definition) is 4. The third-order valence-electron chi connectivity index (χ3n) is 5.96. The smallest absolute Gasteiger partial charge is 0.321 e. The quantitative estimate of drug-likeness (QED) is 0.258. The van der Waals surface area contributed by atoms with Crippen LogP contribution >= 0.6 is 27.8 Å². The molecule has 1 heterocycles. The highest BCUT2D eigenvalue weighted by molar-refractivity contribution is 7.80. The second kappa shape index (κ2) is 9.37. The van der Waals surface area contributed by atoms with Gasteiger partial charge in [-0.15, -0.1) is 0 Å². The molecule has 0 bridgehead atoms. The number of fused-ring (bicyclic) bond motifs is 1. The van der Waals surface area contributed by atoms with Gasteiger partial charge < -0.3 is 24.9 Å². The summed E-state index contributed by atoms with van der Waals surface area (Å²) in [5, 5.41) is 2.63. The molecule has 7 nitrogen and oxygen atoms in total. The molecule has 1 aromatic carbocycles. The summed E-state index contributed by atoms with van der Waals surface area (Å²) in [6, 6.07) is 6.84. The number of allylic oxidation sites excluding steroid dienone is 1. The van der Waals surface area contributed by atoms with Gasteiger partial charge in [0.15, 0.2) is 0 Å². The van der Waals surface area contributed by atoms with Gasteiger partial charge in [-0.2, -0.15) is 12.6 Å². The van der Waals surface area contributed by atoms with Crippen LogP contribution in [0.4, 0.5) is 0 Å². The van der Waals surface area contributed by atoms with Crippen LogP contribution in [0.3, 0.4) is 0 Å². The van der Waals surface area contributed by atoms with Crippen LogP contribution in [0.5, 0.6) is 0 Å². The molecule has 1 aromatic rings. The van der Waals surface area contributed by atoms with Crippen molar-refractivity contribution in [1.82, 2.24) is 5.32 Å². The topological polar surface area (TPSA) is 127 Å². The molecule has 162 valence electrons. The van der Waals surface area contributed by atoms with Gasteiger partial charge >= 0.3 is 15.2 Å². The van der Waals surface area contributed by atoms with Crippen molar-refractivity contribution in [3.63, 3.8) is 0 Å². The Morgan fingerprint density at radius 1 is 1.00 bits per heavy atom. The molecule has 10 heteroatoms. The molecule has 0 amide bonds. The summed E-state index contributed by atoms with van der Waals surface area (Å²) in [4.78, 5) is 39.5. The highest BCUT2D eigenvalue weighted by Gasteiger charge is 2.46. The number of benzene rings is 1. The van der Waals surface area contributed by atoms with E-state index in [0.29, 0.717) is 24.3 Å². The van der Waals surface area contributed by atoms with Crippen LogP contribution in [0.2, 0.25) is 0 Å². The van der Waals surface area contributed by atoms with Crippen molar-refractivity contribution in [3.05, 3.63) is 40.7 Å². The second-order valence-electron chi connectivity index (χ2n) is 7.95. The van der Waals surface area contributed by atoms with E-state index in [-0.39, 0.29) is 11.6 Å². The molecule has 0 radical (unpaired) electrons. The average molecular weight is 461 g/mol. The Balaban J connectivity index is 1.79. The average Bonchev–Trinajstić information content (AvgIpc) is 3.01. The van der Waals surface area contributed by atoms with Gasteiger partial charge in [0.1, 0.15) is 0 Å². The molecule has 0 spiro atoms. The predicted octanol–water partition coefficient (Wildman–Crippen LogP) is 3.67. The maximum atomic E-state index is 12.2. The van der Waals surface area contributed by atoms with Gasteiger partial charge in [-0.3, -0.25) is 9.13 Å². The minimum absolute atomic E-state index is 0.242. The van der Waals surface area contributed by atoms with E-state index in [0.717, 1.165) is 38.0 Å². The van der Waals surface area contributed by atoms with Gasteiger partial charge in [-0.25, -0.2) is 0 Å². The Labute approximate surface area is 176 Å². The minimum atomic E-state index is -4.85. The third-order valence-corrected chi connectivity index (χ3v) is 8.68. The fraction of sp³-hybridized carbons (Fsp3) is 0.579. The van der Waals surface area contributed by atoms with Crippen molar-refractivity contribution in [3.8, 4) is 0 Å². The first-order valence-corrected chi connectivity index (χ1v) is 13.8. The van der Waals surface area contributed by atoms with E-state index in [9.17, 15) is 28.7 Å². The van der Waals surface area contributed by atoms with E-state index in [1.54, 1.807) is 18.2 Å². The van der Waals surface area contributed by atoms with Crippen LogP contribution in [-0.4, -0.2) is 37.9 Å². The molecule has 3 rings (SSSR count). The monoisotopic (exact) mass is 461 g/mol. The van der Waals surface area contributed by atoms with Crippen LogP contribution in [0.1, 0.15) is 55.6 Å². The van der Waals surface area contributed by atoms with E-state index in [4.69, 9.17) is 0 Å². The van der Waals surface area contributed by atoms with E-state index in [2.05, 4.69) is 17.9 Å². The zero-order valence-electron chi connectivity index (χ0n) is 16.1. The zero-order chi connectivity index (χ0) is 21.2. The normalized spacial score (nSPS) is 25.3. The minimum Gasteiger partial charge on any atom is -0.321 e. The summed E-state index contributed by atoms with van der Waals surface area (Å²) < 4.78 is 24.3. The molecule has 29 heavy (non-hydrogen) atoms. The van der Waals surface area contributed by atoms with E-state index >= 15 is 0 Å². The Bertz CT molecular complexity index is 856. The lowest BCUT2D eigenvalue weighted by molar-refractivity contribution is 0.282. The summed E-state index contributed by atoms with van der Waals surface area (Å²) in [7, 11) is -9.68. The van der Waals surface area contributed by atoms with Crippen molar-refractivity contribution in [1.29, 1.82) is 0 Å². The number of hydrogen-bond donors (Lipinski definition) is 6. The van der Waals surface area contributed by atoms with Crippen LogP contribution in [0.25, 0.3) is 5.31 Å². The van der Waals surface area contributed by atoms with Gasteiger partial charge in [-0.1, -0.05) is 24.3 Å². The molecule has 1 aliphatic heterocycles. The summed E-state index contributed by atoms with van der Waals surface area (Å²) >= 11 is 4.26. The van der Waals surface area contributed by atoms with Crippen LogP contribution in [-0.2, 0) is 9.13 Å². The number of thiol groups is 1. The van der Waals surface area contributed by atoms with Gasteiger partial charge in [0.05, 0.1) is 10.6 Å². The lowest BCUT2D eigenvalue weighted by Gasteiger charge is -2.31. The van der Waals surface area contributed by atoms with Gasteiger partial charge in [-0.05, 0) is 67.9 Å². The van der Waals surface area contributed by atoms with Gasteiger partial charge in [0, 0.05) is 12.0 Å². The molecule has 5 N–H and O–H groups in total. The molecule has 3 atom stereocenters. The molecule has 1 fully saturated rings. The summed E-state index contributed by atoms with van der Waals surface area (Å²) in [5.41, 5.74) is 0.846. The molecule has 0 saturated carbocycles. The highest BCUT2D eigenvalue weighted by atomic mass is 32.1. The SMILES string of the molecule is O=P(O)(O)C1=C(P(=O)(O)O)C(CCC2CCC(CCCS)CN2)c2ccccc21. The lowest BCUT2D eigenvalue weighted by Crippen LogP contribution is -2.39. The Kier molecular flexibility index (Phi) is 7.51. The first-order chi connectivity index (χ1) is 13.6. The standard InChI is InChI=1S/C19H29NO6P2S/c21-27(22,23)18-16-6-2-1-5-15(16)17(19(18)28(24,25)26)10-9-14-8-7-13(12-20-14)4-3-11-29/h1-2,5-6,13-14,17,20,29H,3-4,7-12H2,(H2,21,22,23)(H2,24,25,26). The highest BCUT2D eigenvalue weighted by Crippen LogP contribution is 2.69. The van der Waals surface area contributed by atoms with E-state index < -0.39 is 31.7 Å². The van der Waals surface area contributed by atoms with Crippen LogP contribution in [0.15, 0.2) is 29.6 Å². The fourth-order valence-electron chi connectivity index (χ4n) is 4.62. The largest absolute Gasteiger partial charge is 0.357 e. The van der Waals surface area contributed by atoms with Crippen molar-refractivity contribution in [2.24, 2.45) is 5.92 Å². The Morgan fingerprint density at radius 3 is 2.31 bits per heavy atom. The summed E-state index contributed by atoms with van der Waals surface area (Å²) in [5.74, 6) is 0.844. The second-order valence-corrected chi connectivity index (χ2v) is 11.5. The van der Waals surface area contributed by atoms with E-state index in [1.807, 2.05) is 0 Å². The van der Waals surface area contributed by atoms with Crippen molar-refractivity contribution >= 4 is 33.1 Å². The maximum absolute atomic E-state index is 12.2. The first-order valence-electron chi connectivity index (χ1n) is 9.93. The van der Waals surface area contributed by atoms with Crippen LogP contribution in [0, 0.1) is 5.92 Å². The van der Waals surface area contributed by atoms with E-state index in [1.165, 1.54) is 6.07 Å². The number of rotatable bonds is 8. The van der Waals surface area contributed by atoms with Crippen LogP contribution < -0.4 is 5.32 Å². The van der Waals surface area contributed by atoms with Gasteiger partial charge in [0.2, 0.25) is 0 Å². The molecular formula is C19H29NO6P2S. The van der Waals surface area contributed by atoms with Crippen molar-refractivity contribution in [2.75, 3.05) is 12.3 Å². The fourth-order valence-corrected chi connectivity index (χ4v) is 7.63. The number of nitrogens with one attached hydrogen (secondary N) is 1. The molecule has 1 aliphatic carbocycles. The van der Waals surface area contributed by atoms with Crippen molar-refractivity contribution in [2.45, 2.75) is 50.5 Å². The molecular weight excluding hydrogens is 432 g/mol. The molecule has 0 aromatic heterocycles. The predicted molar refractivity (Wildman–Crippen MR) is 117 cm³/mol. The van der Waals surface area contributed by atoms with Gasteiger partial charge in [0.25, 0.3) is 0 Å². The first kappa shape index (κ1) is 23.2. The molecule has 1 saturated heterocycles. The molecule has 3 unspecified atom stereocenters. The summed E-state index contributed by atoms with van der Waals surface area (Å²) in [6.07, 6.45) is 5.47. The summed E-state index contributed by atoms with van der Waals surface area (Å²) in [6.45, 7) is 0.925.